The Bertz CT molecular complexity index is 371. The molecule has 1 aromatic carbocycles. The molecule has 1 N–H and O–H groups in total. The monoisotopic (exact) mass is 249 g/mol. The molecular weight excluding hydrogens is 226 g/mol. The highest BCUT2D eigenvalue weighted by molar-refractivity contribution is 5.37. The third-order valence-electron chi connectivity index (χ3n) is 3.47. The molecule has 1 unspecified atom stereocenters. The summed E-state index contributed by atoms with van der Waals surface area (Å²) in [5, 5.41) is 3.42. The van der Waals surface area contributed by atoms with Gasteiger partial charge in [-0.1, -0.05) is 19.1 Å². The number of hydrogen-bond acceptors (Lipinski definition) is 3. The molecule has 0 aromatic heterocycles. The van der Waals surface area contributed by atoms with Gasteiger partial charge in [0.1, 0.15) is 5.75 Å². The van der Waals surface area contributed by atoms with Crippen LogP contribution in [0.3, 0.4) is 0 Å². The fourth-order valence-electron chi connectivity index (χ4n) is 2.41. The van der Waals surface area contributed by atoms with Crippen molar-refractivity contribution in [1.29, 1.82) is 0 Å². The maximum atomic E-state index is 5.61. The molecule has 1 aromatic rings. The Hall–Kier alpha value is -1.06. The van der Waals surface area contributed by atoms with Crippen LogP contribution in [0.15, 0.2) is 18.2 Å². The molecule has 100 valence electrons. The van der Waals surface area contributed by atoms with E-state index in [-0.39, 0.29) is 0 Å². The summed E-state index contributed by atoms with van der Waals surface area (Å²) in [5.74, 6) is 1.53. The van der Waals surface area contributed by atoms with Crippen molar-refractivity contribution < 1.29 is 9.47 Å². The summed E-state index contributed by atoms with van der Waals surface area (Å²) in [5.41, 5.74) is 2.67. The summed E-state index contributed by atoms with van der Waals surface area (Å²) >= 11 is 0. The Morgan fingerprint density at radius 3 is 3.11 bits per heavy atom. The van der Waals surface area contributed by atoms with Crippen LogP contribution in [0.1, 0.15) is 18.1 Å². The first kappa shape index (κ1) is 13.4. The first-order valence-electron chi connectivity index (χ1n) is 6.77. The molecule has 3 heteroatoms. The topological polar surface area (TPSA) is 30.5 Å². The van der Waals surface area contributed by atoms with Gasteiger partial charge in [-0.3, -0.25) is 0 Å². The summed E-state index contributed by atoms with van der Waals surface area (Å²) in [6.45, 7) is 5.83. The highest BCUT2D eigenvalue weighted by atomic mass is 16.5. The van der Waals surface area contributed by atoms with E-state index in [9.17, 15) is 0 Å². The van der Waals surface area contributed by atoms with Crippen molar-refractivity contribution in [3.8, 4) is 5.75 Å². The molecule has 2 rings (SSSR count). The van der Waals surface area contributed by atoms with Gasteiger partial charge in [-0.25, -0.2) is 0 Å². The van der Waals surface area contributed by atoms with Crippen LogP contribution in [0.4, 0.5) is 0 Å². The lowest BCUT2D eigenvalue weighted by atomic mass is 9.97. The van der Waals surface area contributed by atoms with Gasteiger partial charge in [0.05, 0.1) is 20.3 Å². The summed E-state index contributed by atoms with van der Waals surface area (Å²) in [7, 11) is 1.74. The molecule has 1 fully saturated rings. The van der Waals surface area contributed by atoms with Crippen molar-refractivity contribution in [3.05, 3.63) is 29.3 Å². The Kier molecular flexibility index (Phi) is 5.02. The van der Waals surface area contributed by atoms with Crippen LogP contribution in [0.5, 0.6) is 5.75 Å². The van der Waals surface area contributed by atoms with E-state index in [1.54, 1.807) is 7.11 Å². The number of aryl methyl sites for hydroxylation is 1. The van der Waals surface area contributed by atoms with Gasteiger partial charge in [0.15, 0.2) is 0 Å². The average molecular weight is 249 g/mol. The molecule has 18 heavy (non-hydrogen) atoms. The van der Waals surface area contributed by atoms with Gasteiger partial charge in [-0.15, -0.1) is 0 Å². The van der Waals surface area contributed by atoms with Crippen LogP contribution in [0.2, 0.25) is 0 Å². The van der Waals surface area contributed by atoms with Crippen molar-refractivity contribution in [2.75, 3.05) is 33.4 Å². The van der Waals surface area contributed by atoms with Gasteiger partial charge < -0.3 is 14.8 Å². The molecule has 1 atom stereocenters. The van der Waals surface area contributed by atoms with Gasteiger partial charge in [0, 0.05) is 13.1 Å². The first-order chi connectivity index (χ1) is 8.83. The smallest absolute Gasteiger partial charge is 0.122 e. The van der Waals surface area contributed by atoms with Crippen molar-refractivity contribution in [2.45, 2.75) is 19.8 Å². The number of nitrogens with one attached hydrogen (secondary N) is 1. The maximum Gasteiger partial charge on any atom is 0.122 e. The molecule has 0 aliphatic carbocycles. The molecule has 1 aliphatic rings. The molecule has 0 spiro atoms. The van der Waals surface area contributed by atoms with Crippen LogP contribution in [-0.4, -0.2) is 33.4 Å². The fourth-order valence-corrected chi connectivity index (χ4v) is 2.41. The zero-order valence-corrected chi connectivity index (χ0v) is 11.4. The lowest BCUT2D eigenvalue weighted by molar-refractivity contribution is 0.123. The van der Waals surface area contributed by atoms with Gasteiger partial charge >= 0.3 is 0 Å². The molecule has 0 bridgehead atoms. The predicted octanol–water partition coefficient (Wildman–Crippen LogP) is 2.04. The third kappa shape index (κ3) is 3.47. The Morgan fingerprint density at radius 2 is 2.33 bits per heavy atom. The first-order valence-corrected chi connectivity index (χ1v) is 6.77. The van der Waals surface area contributed by atoms with Gasteiger partial charge in [0.25, 0.3) is 0 Å². The molecule has 1 saturated heterocycles. The van der Waals surface area contributed by atoms with Crippen molar-refractivity contribution in [1.82, 2.24) is 5.32 Å². The van der Waals surface area contributed by atoms with E-state index in [4.69, 9.17) is 9.47 Å². The standard InChI is InChI=1S/C15H23NO2/c1-3-12-4-5-15(17-2)14(8-12)9-13-10-16-6-7-18-11-13/h4-5,8,13,16H,3,6-7,9-11H2,1-2H3. The minimum Gasteiger partial charge on any atom is -0.496 e. The lowest BCUT2D eigenvalue weighted by Crippen LogP contribution is -2.24. The second kappa shape index (κ2) is 6.76. The van der Waals surface area contributed by atoms with Crippen molar-refractivity contribution in [3.63, 3.8) is 0 Å². The van der Waals surface area contributed by atoms with E-state index in [0.29, 0.717) is 5.92 Å². The Morgan fingerprint density at radius 1 is 1.44 bits per heavy atom. The van der Waals surface area contributed by atoms with Gasteiger partial charge in [0.2, 0.25) is 0 Å². The zero-order chi connectivity index (χ0) is 12.8. The number of methoxy groups -OCH3 is 1. The van der Waals surface area contributed by atoms with E-state index in [2.05, 4.69) is 30.4 Å². The van der Waals surface area contributed by atoms with Gasteiger partial charge in [-0.2, -0.15) is 0 Å². The minimum absolute atomic E-state index is 0.536. The maximum absolute atomic E-state index is 5.61. The van der Waals surface area contributed by atoms with Crippen molar-refractivity contribution >= 4 is 0 Å². The van der Waals surface area contributed by atoms with E-state index >= 15 is 0 Å². The zero-order valence-electron chi connectivity index (χ0n) is 11.4. The quantitative estimate of drug-likeness (QED) is 0.885. The number of ether oxygens (including phenoxy) is 2. The average Bonchev–Trinajstić information content (AvgIpc) is 2.67. The van der Waals surface area contributed by atoms with Crippen LogP contribution < -0.4 is 10.1 Å². The Balaban J connectivity index is 2.10. The second-order valence-corrected chi connectivity index (χ2v) is 4.85. The third-order valence-corrected chi connectivity index (χ3v) is 3.47. The normalized spacial score (nSPS) is 20.4. The number of benzene rings is 1. The SMILES string of the molecule is CCc1ccc(OC)c(CC2CNCCOC2)c1. The highest BCUT2D eigenvalue weighted by Gasteiger charge is 2.15. The summed E-state index contributed by atoms with van der Waals surface area (Å²) < 4.78 is 11.1. The molecular formula is C15H23NO2. The van der Waals surface area contributed by atoms with Gasteiger partial charge in [-0.05, 0) is 36.0 Å². The molecule has 3 nitrogen and oxygen atoms in total. The van der Waals surface area contributed by atoms with Crippen LogP contribution >= 0.6 is 0 Å². The van der Waals surface area contributed by atoms with Crippen LogP contribution in [-0.2, 0) is 17.6 Å². The number of hydrogen-bond donors (Lipinski definition) is 1. The fraction of sp³-hybridized carbons (Fsp3) is 0.600. The van der Waals surface area contributed by atoms with Crippen LogP contribution in [0.25, 0.3) is 0 Å². The molecule has 1 aliphatic heterocycles. The van der Waals surface area contributed by atoms with E-state index in [1.807, 2.05) is 0 Å². The lowest BCUT2D eigenvalue weighted by Gasteiger charge is -2.16. The molecule has 1 heterocycles. The summed E-state index contributed by atoms with van der Waals surface area (Å²) in [6, 6.07) is 6.49. The van der Waals surface area contributed by atoms with Crippen LogP contribution in [0, 0.1) is 5.92 Å². The Labute approximate surface area is 109 Å². The summed E-state index contributed by atoms with van der Waals surface area (Å²) in [6.07, 6.45) is 2.08. The predicted molar refractivity (Wildman–Crippen MR) is 73.3 cm³/mol. The second-order valence-electron chi connectivity index (χ2n) is 4.85. The number of rotatable bonds is 4. The van der Waals surface area contributed by atoms with E-state index < -0.39 is 0 Å². The molecule has 0 radical (unpaired) electrons. The molecule has 0 saturated carbocycles. The minimum atomic E-state index is 0.536. The van der Waals surface area contributed by atoms with E-state index in [1.165, 1.54) is 11.1 Å². The molecule has 0 amide bonds. The highest BCUT2D eigenvalue weighted by Crippen LogP contribution is 2.23. The largest absolute Gasteiger partial charge is 0.496 e. The summed E-state index contributed by atoms with van der Waals surface area (Å²) in [4.78, 5) is 0. The van der Waals surface area contributed by atoms with E-state index in [0.717, 1.165) is 44.9 Å². The van der Waals surface area contributed by atoms with Crippen molar-refractivity contribution in [2.24, 2.45) is 5.92 Å².